The van der Waals surface area contributed by atoms with Gasteiger partial charge < -0.3 is 33.6 Å². The van der Waals surface area contributed by atoms with E-state index < -0.39 is 33.5 Å². The average Bonchev–Trinajstić information content (AvgIpc) is 3.81. The van der Waals surface area contributed by atoms with E-state index in [2.05, 4.69) is 48.2 Å². The van der Waals surface area contributed by atoms with E-state index in [1.54, 1.807) is 28.4 Å². The summed E-state index contributed by atoms with van der Waals surface area (Å²) in [5.41, 5.74) is 1.97. The third-order valence-electron chi connectivity index (χ3n) is 10.4. The molecule has 0 radical (unpaired) electrons. The Morgan fingerprint density at radius 2 is 1.53 bits per heavy atom. The van der Waals surface area contributed by atoms with E-state index in [1.165, 1.54) is 35.9 Å². The molecule has 0 aliphatic rings. The van der Waals surface area contributed by atoms with Gasteiger partial charge in [-0.3, -0.25) is 29.6 Å². The number of methoxy groups -OCH3 is 4. The van der Waals surface area contributed by atoms with Gasteiger partial charge in [0.25, 0.3) is 11.4 Å². The number of nitrogens with one attached hydrogen (secondary N) is 1. The number of hydrogen-bond donors (Lipinski definition) is 1. The van der Waals surface area contributed by atoms with Crippen LogP contribution in [0.3, 0.4) is 0 Å². The molecule has 6 rings (SSSR count). The zero-order chi connectivity index (χ0) is 45.1. The number of aromatic nitrogens is 2. The average molecular weight is 870 g/mol. The number of anilines is 1. The Morgan fingerprint density at radius 1 is 0.903 bits per heavy atom. The maximum absolute atomic E-state index is 12.3. The number of nitro benzene ring substituents is 2. The summed E-state index contributed by atoms with van der Waals surface area (Å²) in [5.74, 6) is 1.57. The number of rotatable bonds is 18. The fourth-order valence-corrected chi connectivity index (χ4v) is 7.84. The van der Waals surface area contributed by atoms with Crippen molar-refractivity contribution in [3.05, 3.63) is 115 Å². The first-order valence-electron chi connectivity index (χ1n) is 19.3. The van der Waals surface area contributed by atoms with Gasteiger partial charge in [0, 0.05) is 24.7 Å². The fraction of sp³-hybridized carbons (Fsp3) is 0.349. The molecule has 2 heterocycles. The van der Waals surface area contributed by atoms with Gasteiger partial charge in [-0.15, -0.1) is 0 Å². The number of carbonyl (C=O) groups is 1. The maximum atomic E-state index is 12.3. The Labute approximate surface area is 360 Å². The number of ether oxygens (including phenoxy) is 4. The minimum absolute atomic E-state index is 0.00991. The Hall–Kier alpha value is -7.04. The lowest BCUT2D eigenvalue weighted by Gasteiger charge is -2.32. The van der Waals surface area contributed by atoms with Crippen molar-refractivity contribution in [2.75, 3.05) is 53.9 Å². The van der Waals surface area contributed by atoms with E-state index in [9.17, 15) is 35.1 Å². The highest BCUT2D eigenvalue weighted by Gasteiger charge is 2.36. The smallest absolute Gasteiger partial charge is 0.420 e. The highest BCUT2D eigenvalue weighted by atomic mass is 32.1. The van der Waals surface area contributed by atoms with E-state index in [1.807, 2.05) is 30.3 Å². The number of carbonyl (C=O) groups excluding carboxylic acids is 1. The molecular formula is C43H47N7O11S. The number of amides is 1. The molecule has 0 bridgehead atoms. The second-order valence-corrected chi connectivity index (χ2v) is 15.5. The summed E-state index contributed by atoms with van der Waals surface area (Å²) in [6.07, 6.45) is 2.61. The number of nitriles is 1. The number of nitro groups is 2. The molecule has 0 aliphatic heterocycles. The first-order chi connectivity index (χ1) is 29.7. The second kappa shape index (κ2) is 20.5. The fourth-order valence-electron chi connectivity index (χ4n) is 6.93. The summed E-state index contributed by atoms with van der Waals surface area (Å²) in [4.78, 5) is 51.4. The van der Waals surface area contributed by atoms with Crippen molar-refractivity contribution < 1.29 is 38.0 Å². The summed E-state index contributed by atoms with van der Waals surface area (Å²) in [7, 11) is 8.67. The number of likely N-dealkylation sites (N-methyl/N-ethyl adjacent to an activating group) is 1. The topological polar surface area (TPSA) is 227 Å². The van der Waals surface area contributed by atoms with Crippen LogP contribution >= 0.6 is 11.3 Å². The lowest BCUT2D eigenvalue weighted by atomic mass is 9.69. The van der Waals surface area contributed by atoms with E-state index in [0.717, 1.165) is 71.4 Å². The van der Waals surface area contributed by atoms with Gasteiger partial charge in [-0.25, -0.2) is 9.78 Å². The van der Waals surface area contributed by atoms with Crippen LogP contribution in [0.2, 0.25) is 0 Å². The Kier molecular flexibility index (Phi) is 15.2. The minimum atomic E-state index is -0.837. The molecule has 1 N–H and O–H groups in total. The molecule has 1 atom stereocenters. The molecule has 0 fully saturated rings. The summed E-state index contributed by atoms with van der Waals surface area (Å²) in [6, 6.07) is 22.3. The number of oxazole rings is 1. The number of thiazole rings is 1. The van der Waals surface area contributed by atoms with Crippen molar-refractivity contribution in [2.45, 2.75) is 45.1 Å². The van der Waals surface area contributed by atoms with Gasteiger partial charge in [0.05, 0.1) is 71.6 Å². The molecule has 0 aliphatic carbocycles. The quantitative estimate of drug-likeness (QED) is 0.0644. The molecule has 1 amide bonds. The van der Waals surface area contributed by atoms with Crippen LogP contribution < -0.4 is 30.0 Å². The Morgan fingerprint density at radius 3 is 2.16 bits per heavy atom. The standard InChI is InChI=1S/C27H38N2O4.C16H9N5O7S/c1-20(2)27(19-28,22-10-12-24(31-5)26(18-22)33-7)14-8-15-29(3)16-13-21-9-11-23(30-4)25(17-21)32-6;22-14(18-15-17-10-3-1-9(21(26)27)6-13(10)29-15)7-19-11-4-2-8(20(24)25)5-12(11)28-16(19)23/h9-12,17-18,20H,8,13-16H2,1-7H3;1-6H,7H2,(H,17,18,22). The van der Waals surface area contributed by atoms with E-state index in [0.29, 0.717) is 21.7 Å². The third-order valence-corrected chi connectivity index (χ3v) is 11.4. The molecule has 18 nitrogen and oxygen atoms in total. The van der Waals surface area contributed by atoms with Gasteiger partial charge in [0.15, 0.2) is 33.7 Å². The molecule has 62 heavy (non-hydrogen) atoms. The van der Waals surface area contributed by atoms with Gasteiger partial charge >= 0.3 is 5.76 Å². The minimum Gasteiger partial charge on any atom is -0.493 e. The monoisotopic (exact) mass is 869 g/mol. The van der Waals surface area contributed by atoms with Gasteiger partial charge in [0.1, 0.15) is 6.54 Å². The molecule has 6 aromatic rings. The van der Waals surface area contributed by atoms with E-state index in [4.69, 9.17) is 23.4 Å². The molecule has 0 saturated heterocycles. The van der Waals surface area contributed by atoms with Crippen LogP contribution in [0.5, 0.6) is 23.0 Å². The molecule has 326 valence electrons. The first kappa shape index (κ1) is 46.0. The van der Waals surface area contributed by atoms with Crippen LogP contribution in [0.1, 0.15) is 37.8 Å². The van der Waals surface area contributed by atoms with Crippen molar-refractivity contribution in [1.82, 2.24) is 14.5 Å². The van der Waals surface area contributed by atoms with Gasteiger partial charge in [-0.05, 0) is 86.3 Å². The highest BCUT2D eigenvalue weighted by Crippen LogP contribution is 2.40. The molecule has 0 saturated carbocycles. The summed E-state index contributed by atoms with van der Waals surface area (Å²) in [5, 5.41) is 34.6. The van der Waals surface area contributed by atoms with Crippen molar-refractivity contribution in [1.29, 1.82) is 5.26 Å². The predicted octanol–water partition coefficient (Wildman–Crippen LogP) is 7.75. The van der Waals surface area contributed by atoms with Crippen LogP contribution in [0.4, 0.5) is 16.5 Å². The molecular weight excluding hydrogens is 823 g/mol. The Bertz CT molecular complexity index is 2670. The van der Waals surface area contributed by atoms with Crippen LogP contribution in [0, 0.1) is 37.5 Å². The number of benzene rings is 4. The summed E-state index contributed by atoms with van der Waals surface area (Å²) < 4.78 is 28.1. The summed E-state index contributed by atoms with van der Waals surface area (Å²) >= 11 is 1.05. The van der Waals surface area contributed by atoms with Gasteiger partial charge in [0.2, 0.25) is 5.91 Å². The maximum Gasteiger partial charge on any atom is 0.420 e. The SMILES string of the molecule is COc1ccc(CCN(C)CCCC(C#N)(c2ccc(OC)c(OC)c2)C(C)C)cc1OC.O=C(Cn1c(=O)oc2cc([N+](=O)[O-])ccc21)Nc1nc2ccc([N+](=O)[O-])cc2s1. The van der Waals surface area contributed by atoms with Crippen molar-refractivity contribution in [2.24, 2.45) is 5.92 Å². The zero-order valence-corrected chi connectivity index (χ0v) is 36.1. The lowest BCUT2D eigenvalue weighted by Crippen LogP contribution is -2.32. The van der Waals surface area contributed by atoms with E-state index >= 15 is 0 Å². The van der Waals surface area contributed by atoms with Gasteiger partial charge in [-0.2, -0.15) is 5.26 Å². The van der Waals surface area contributed by atoms with Crippen molar-refractivity contribution in [3.8, 4) is 29.1 Å². The van der Waals surface area contributed by atoms with Crippen LogP contribution in [0.15, 0.2) is 82.0 Å². The largest absolute Gasteiger partial charge is 0.493 e. The first-order valence-corrected chi connectivity index (χ1v) is 20.1. The third kappa shape index (κ3) is 10.6. The number of fused-ring (bicyclic) bond motifs is 2. The van der Waals surface area contributed by atoms with Crippen LogP contribution in [-0.2, 0) is 23.2 Å². The number of non-ortho nitro benzene ring substituents is 2. The zero-order valence-electron chi connectivity index (χ0n) is 35.3. The normalized spacial score (nSPS) is 12.0. The predicted molar refractivity (Wildman–Crippen MR) is 234 cm³/mol. The molecule has 2 aromatic heterocycles. The molecule has 0 spiro atoms. The van der Waals surface area contributed by atoms with E-state index in [-0.39, 0.29) is 33.5 Å². The lowest BCUT2D eigenvalue weighted by molar-refractivity contribution is -0.384. The molecule has 4 aromatic carbocycles. The summed E-state index contributed by atoms with van der Waals surface area (Å²) in [6.45, 7) is 5.66. The highest BCUT2D eigenvalue weighted by molar-refractivity contribution is 7.22. The van der Waals surface area contributed by atoms with Gasteiger partial charge in [-0.1, -0.05) is 37.3 Å². The van der Waals surface area contributed by atoms with Crippen molar-refractivity contribution in [3.63, 3.8) is 0 Å². The van der Waals surface area contributed by atoms with Crippen LogP contribution in [-0.4, -0.2) is 78.8 Å². The van der Waals surface area contributed by atoms with Crippen LogP contribution in [0.25, 0.3) is 21.3 Å². The van der Waals surface area contributed by atoms with Crippen molar-refractivity contribution >= 4 is 55.1 Å². The second-order valence-electron chi connectivity index (χ2n) is 14.5. The molecule has 1 unspecified atom stereocenters. The number of nitrogens with zero attached hydrogens (tertiary/aromatic N) is 6. The Balaban J connectivity index is 0.000000236. The molecule has 19 heteroatoms. The number of hydrogen-bond acceptors (Lipinski definition) is 15.